The fraction of sp³-hybridized carbons (Fsp3) is 0.923. The first-order chi connectivity index (χ1) is 9.45. The molecule has 20 heavy (non-hydrogen) atoms. The lowest BCUT2D eigenvalue weighted by molar-refractivity contribution is -0.147. The van der Waals surface area contributed by atoms with Crippen LogP contribution in [0, 0.1) is 0 Å². The van der Waals surface area contributed by atoms with Crippen molar-refractivity contribution in [2.75, 3.05) is 19.6 Å². The van der Waals surface area contributed by atoms with Crippen molar-refractivity contribution in [3.05, 3.63) is 0 Å². The van der Waals surface area contributed by atoms with Crippen molar-refractivity contribution < 1.29 is 18.3 Å². The van der Waals surface area contributed by atoms with Crippen LogP contribution in [-0.2, 0) is 15.0 Å². The van der Waals surface area contributed by atoms with Crippen molar-refractivity contribution in [1.29, 1.82) is 0 Å². The fourth-order valence-corrected chi connectivity index (χ4v) is 5.42. The smallest absolute Gasteiger partial charge is 0.325 e. The van der Waals surface area contributed by atoms with Crippen molar-refractivity contribution in [2.24, 2.45) is 0 Å². The third kappa shape index (κ3) is 2.58. The van der Waals surface area contributed by atoms with Crippen LogP contribution in [0.4, 0.5) is 0 Å². The molecule has 116 valence electrons. The molecular formula is C13H24N2O4S. The highest BCUT2D eigenvalue weighted by Crippen LogP contribution is 2.36. The van der Waals surface area contributed by atoms with E-state index in [4.69, 9.17) is 0 Å². The van der Waals surface area contributed by atoms with Gasteiger partial charge in [-0.3, -0.25) is 4.79 Å². The molecule has 1 atom stereocenters. The predicted molar refractivity (Wildman–Crippen MR) is 75.6 cm³/mol. The largest absolute Gasteiger partial charge is 0.480 e. The quantitative estimate of drug-likeness (QED) is 0.852. The van der Waals surface area contributed by atoms with Crippen LogP contribution in [-0.4, -0.2) is 53.3 Å². The highest BCUT2D eigenvalue weighted by molar-refractivity contribution is 7.86. The fourth-order valence-electron chi connectivity index (χ4n) is 3.32. The Morgan fingerprint density at radius 2 is 1.70 bits per heavy atom. The van der Waals surface area contributed by atoms with Crippen LogP contribution in [0.1, 0.15) is 51.9 Å². The summed E-state index contributed by atoms with van der Waals surface area (Å²) in [6.07, 6.45) is 5.15. The summed E-state index contributed by atoms with van der Waals surface area (Å²) >= 11 is 0. The Bertz CT molecular complexity index is 457. The normalized spacial score (nSPS) is 30.2. The zero-order valence-electron chi connectivity index (χ0n) is 12.0. The van der Waals surface area contributed by atoms with Gasteiger partial charge in [-0.15, -0.1) is 0 Å². The summed E-state index contributed by atoms with van der Waals surface area (Å²) in [5, 5.41) is 9.53. The van der Waals surface area contributed by atoms with E-state index in [2.05, 4.69) is 0 Å². The summed E-state index contributed by atoms with van der Waals surface area (Å²) in [4.78, 5) is 11.6. The second kappa shape index (κ2) is 5.99. The molecule has 2 aliphatic heterocycles. The second-order valence-corrected chi connectivity index (χ2v) is 7.54. The van der Waals surface area contributed by atoms with Crippen LogP contribution in [0.25, 0.3) is 0 Å². The molecule has 0 amide bonds. The van der Waals surface area contributed by atoms with Gasteiger partial charge in [0.2, 0.25) is 0 Å². The number of carboxylic acid groups (broad SMARTS) is 1. The SMILES string of the molecule is CCC1(C(=O)O)CCCN1S(=O)(=O)N1CCCCCC1. The lowest BCUT2D eigenvalue weighted by Gasteiger charge is -2.36. The van der Waals surface area contributed by atoms with Crippen LogP contribution in [0.3, 0.4) is 0 Å². The van der Waals surface area contributed by atoms with Crippen molar-refractivity contribution in [3.63, 3.8) is 0 Å². The first-order valence-corrected chi connectivity index (χ1v) is 8.86. The third-order valence-corrected chi connectivity index (χ3v) is 6.69. The maximum Gasteiger partial charge on any atom is 0.325 e. The van der Waals surface area contributed by atoms with Gasteiger partial charge >= 0.3 is 5.97 Å². The van der Waals surface area contributed by atoms with Crippen molar-refractivity contribution in [2.45, 2.75) is 57.4 Å². The first-order valence-electron chi connectivity index (χ1n) is 7.46. The Balaban J connectivity index is 2.29. The van der Waals surface area contributed by atoms with E-state index in [-0.39, 0.29) is 0 Å². The lowest BCUT2D eigenvalue weighted by Crippen LogP contribution is -2.56. The highest BCUT2D eigenvalue weighted by Gasteiger charge is 2.53. The topological polar surface area (TPSA) is 77.9 Å². The summed E-state index contributed by atoms with van der Waals surface area (Å²) in [7, 11) is -3.66. The zero-order chi connectivity index (χ0) is 14.8. The number of aliphatic carboxylic acids is 1. The van der Waals surface area contributed by atoms with E-state index in [0.717, 1.165) is 25.7 Å². The van der Waals surface area contributed by atoms with Crippen LogP contribution in [0.2, 0.25) is 0 Å². The minimum Gasteiger partial charge on any atom is -0.480 e. The lowest BCUT2D eigenvalue weighted by atomic mass is 9.95. The van der Waals surface area contributed by atoms with Gasteiger partial charge in [-0.1, -0.05) is 19.8 Å². The minimum absolute atomic E-state index is 0.315. The van der Waals surface area contributed by atoms with Gasteiger partial charge in [0.1, 0.15) is 5.54 Å². The Kier molecular flexibility index (Phi) is 4.71. The molecule has 2 heterocycles. The zero-order valence-corrected chi connectivity index (χ0v) is 12.9. The molecule has 1 N–H and O–H groups in total. The minimum atomic E-state index is -3.66. The van der Waals surface area contributed by atoms with E-state index in [1.54, 1.807) is 6.92 Å². The molecule has 2 fully saturated rings. The molecule has 2 rings (SSSR count). The Morgan fingerprint density at radius 1 is 1.10 bits per heavy atom. The third-order valence-electron chi connectivity index (χ3n) is 4.58. The van der Waals surface area contributed by atoms with Gasteiger partial charge in [0, 0.05) is 19.6 Å². The van der Waals surface area contributed by atoms with E-state index >= 15 is 0 Å². The molecule has 0 aromatic rings. The summed E-state index contributed by atoms with van der Waals surface area (Å²) in [6.45, 7) is 3.10. The second-order valence-electron chi connectivity index (χ2n) is 5.69. The summed E-state index contributed by atoms with van der Waals surface area (Å²) < 4.78 is 28.3. The molecule has 0 aromatic carbocycles. The molecule has 0 radical (unpaired) electrons. The van der Waals surface area contributed by atoms with Gasteiger partial charge in [0.15, 0.2) is 0 Å². The van der Waals surface area contributed by atoms with Gasteiger partial charge in [-0.05, 0) is 32.1 Å². The van der Waals surface area contributed by atoms with Crippen molar-refractivity contribution in [3.8, 4) is 0 Å². The molecule has 0 saturated carbocycles. The van der Waals surface area contributed by atoms with Crippen molar-refractivity contribution >= 4 is 16.2 Å². The number of hydrogen-bond donors (Lipinski definition) is 1. The van der Waals surface area contributed by atoms with E-state index in [1.807, 2.05) is 0 Å². The van der Waals surface area contributed by atoms with Crippen LogP contribution >= 0.6 is 0 Å². The number of rotatable bonds is 4. The van der Waals surface area contributed by atoms with E-state index in [1.165, 1.54) is 8.61 Å². The molecule has 2 saturated heterocycles. The summed E-state index contributed by atoms with van der Waals surface area (Å²) in [5.41, 5.74) is -1.24. The Hall–Kier alpha value is -0.660. The monoisotopic (exact) mass is 304 g/mol. The number of carboxylic acids is 1. The number of hydrogen-bond acceptors (Lipinski definition) is 3. The van der Waals surface area contributed by atoms with E-state index < -0.39 is 21.7 Å². The van der Waals surface area contributed by atoms with Crippen molar-refractivity contribution in [1.82, 2.24) is 8.61 Å². The highest BCUT2D eigenvalue weighted by atomic mass is 32.2. The molecule has 2 aliphatic rings. The maximum absolute atomic E-state index is 12.8. The average molecular weight is 304 g/mol. The van der Waals surface area contributed by atoms with Gasteiger partial charge < -0.3 is 5.11 Å². The first kappa shape index (κ1) is 15.7. The Labute approximate surface area is 120 Å². The molecule has 0 aromatic heterocycles. The standard InChI is InChI=1S/C13H24N2O4S/c1-2-13(12(16)17)8-7-11-15(13)20(18,19)14-9-5-3-4-6-10-14/h2-11H2,1H3,(H,16,17). The van der Waals surface area contributed by atoms with Gasteiger partial charge in [0.25, 0.3) is 10.2 Å². The van der Waals surface area contributed by atoms with Crippen LogP contribution in [0.15, 0.2) is 0 Å². The summed E-state index contributed by atoms with van der Waals surface area (Å²) in [5.74, 6) is -1.02. The van der Waals surface area contributed by atoms with Crippen LogP contribution < -0.4 is 0 Å². The number of nitrogens with zero attached hydrogens (tertiary/aromatic N) is 2. The van der Waals surface area contributed by atoms with Crippen LogP contribution in [0.5, 0.6) is 0 Å². The molecule has 7 heteroatoms. The maximum atomic E-state index is 12.8. The average Bonchev–Trinajstić information content (AvgIpc) is 2.67. The molecule has 0 bridgehead atoms. The molecule has 0 aliphatic carbocycles. The summed E-state index contributed by atoms with van der Waals surface area (Å²) in [6, 6.07) is 0. The molecular weight excluding hydrogens is 280 g/mol. The molecule has 1 unspecified atom stereocenters. The number of carbonyl (C=O) groups is 1. The Morgan fingerprint density at radius 3 is 2.20 bits per heavy atom. The van der Waals surface area contributed by atoms with E-state index in [0.29, 0.717) is 38.9 Å². The molecule has 6 nitrogen and oxygen atoms in total. The van der Waals surface area contributed by atoms with Gasteiger partial charge in [0.05, 0.1) is 0 Å². The molecule has 0 spiro atoms. The van der Waals surface area contributed by atoms with E-state index in [9.17, 15) is 18.3 Å². The van der Waals surface area contributed by atoms with Gasteiger partial charge in [-0.25, -0.2) is 0 Å². The predicted octanol–water partition coefficient (Wildman–Crippen LogP) is 1.44. The van der Waals surface area contributed by atoms with Gasteiger partial charge in [-0.2, -0.15) is 17.0 Å².